The summed E-state index contributed by atoms with van der Waals surface area (Å²) in [6, 6.07) is 9.83. The Morgan fingerprint density at radius 3 is 2.71 bits per heavy atom. The first-order valence-corrected chi connectivity index (χ1v) is 11.2. The molecule has 2 aliphatic heterocycles. The lowest BCUT2D eigenvalue weighted by Gasteiger charge is -2.41. The zero-order valence-electron chi connectivity index (χ0n) is 18.0. The van der Waals surface area contributed by atoms with Crippen molar-refractivity contribution in [2.45, 2.75) is 51.7 Å². The molecule has 4 rings (SSSR count). The Kier molecular flexibility index (Phi) is 6.96. The fourth-order valence-corrected chi connectivity index (χ4v) is 4.51. The smallest absolute Gasteiger partial charge is 0.226 e. The van der Waals surface area contributed by atoms with E-state index in [4.69, 9.17) is 4.74 Å². The van der Waals surface area contributed by atoms with E-state index < -0.39 is 5.41 Å². The summed E-state index contributed by atoms with van der Waals surface area (Å²) in [6.45, 7) is 3.36. The van der Waals surface area contributed by atoms with Crippen molar-refractivity contribution in [1.82, 2.24) is 25.2 Å². The quantitative estimate of drug-likeness (QED) is 0.794. The average molecular weight is 426 g/mol. The van der Waals surface area contributed by atoms with Gasteiger partial charge in [-0.3, -0.25) is 14.3 Å². The summed E-state index contributed by atoms with van der Waals surface area (Å²) in [5.41, 5.74) is 1.42. The molecular formula is C23H31N5O3. The number of aromatic nitrogens is 3. The van der Waals surface area contributed by atoms with Crippen molar-refractivity contribution < 1.29 is 14.3 Å². The second-order valence-electron chi connectivity index (χ2n) is 8.56. The first-order chi connectivity index (χ1) is 15.1. The largest absolute Gasteiger partial charge is 0.373 e. The van der Waals surface area contributed by atoms with E-state index >= 15 is 0 Å². The highest BCUT2D eigenvalue weighted by atomic mass is 16.5. The third kappa shape index (κ3) is 5.50. The minimum absolute atomic E-state index is 0.0974. The molecule has 1 fully saturated rings. The lowest BCUT2D eigenvalue weighted by Crippen LogP contribution is -2.51. The predicted molar refractivity (Wildman–Crippen MR) is 115 cm³/mol. The number of carbonyl (C=O) groups is 2. The summed E-state index contributed by atoms with van der Waals surface area (Å²) in [6.07, 6.45) is 6.45. The lowest BCUT2D eigenvalue weighted by molar-refractivity contribution is -0.141. The maximum Gasteiger partial charge on any atom is 0.226 e. The van der Waals surface area contributed by atoms with Gasteiger partial charge in [-0.05, 0) is 31.2 Å². The summed E-state index contributed by atoms with van der Waals surface area (Å²) < 4.78 is 7.47. The van der Waals surface area contributed by atoms with Crippen LogP contribution >= 0.6 is 0 Å². The number of nitrogens with zero attached hydrogens (tertiary/aromatic N) is 4. The molecule has 1 aromatic heterocycles. The minimum atomic E-state index is -0.416. The van der Waals surface area contributed by atoms with Crippen LogP contribution in [0.5, 0.6) is 0 Å². The fourth-order valence-electron chi connectivity index (χ4n) is 4.51. The molecule has 1 aromatic carbocycles. The number of benzene rings is 1. The van der Waals surface area contributed by atoms with Crippen molar-refractivity contribution in [2.24, 2.45) is 5.41 Å². The van der Waals surface area contributed by atoms with Crippen molar-refractivity contribution in [1.29, 1.82) is 0 Å². The number of ether oxygens (including phenoxy) is 1. The number of amides is 2. The van der Waals surface area contributed by atoms with Crippen LogP contribution in [0.25, 0.3) is 0 Å². The summed E-state index contributed by atoms with van der Waals surface area (Å²) in [5, 5.41) is 11.3. The molecule has 8 heteroatoms. The average Bonchev–Trinajstić information content (AvgIpc) is 3.24. The van der Waals surface area contributed by atoms with Crippen LogP contribution in [-0.4, -0.2) is 57.9 Å². The highest BCUT2D eigenvalue weighted by Crippen LogP contribution is 2.37. The molecule has 0 atom stereocenters. The van der Waals surface area contributed by atoms with E-state index in [1.165, 1.54) is 0 Å². The van der Waals surface area contributed by atoms with Crippen molar-refractivity contribution in [3.05, 3.63) is 47.8 Å². The summed E-state index contributed by atoms with van der Waals surface area (Å²) in [7, 11) is 0. The van der Waals surface area contributed by atoms with Gasteiger partial charge in [-0.2, -0.15) is 0 Å². The van der Waals surface area contributed by atoms with E-state index in [0.29, 0.717) is 52.1 Å². The van der Waals surface area contributed by atoms with E-state index in [-0.39, 0.29) is 11.8 Å². The fraction of sp³-hybridized carbons (Fsp3) is 0.565. The monoisotopic (exact) mass is 425 g/mol. The van der Waals surface area contributed by atoms with Gasteiger partial charge >= 0.3 is 0 Å². The number of piperidine rings is 1. The molecule has 2 aliphatic rings. The van der Waals surface area contributed by atoms with Crippen LogP contribution < -0.4 is 5.32 Å². The van der Waals surface area contributed by atoms with Gasteiger partial charge in [0.15, 0.2) is 0 Å². The topological polar surface area (TPSA) is 89.3 Å². The molecular weight excluding hydrogens is 394 g/mol. The van der Waals surface area contributed by atoms with Crippen LogP contribution in [0.15, 0.2) is 36.5 Å². The molecule has 2 amide bonds. The van der Waals surface area contributed by atoms with E-state index in [1.54, 1.807) is 0 Å². The maximum atomic E-state index is 13.1. The van der Waals surface area contributed by atoms with Gasteiger partial charge in [0.25, 0.3) is 0 Å². The number of carbonyl (C=O) groups excluding carboxylic acids is 2. The van der Waals surface area contributed by atoms with Crippen molar-refractivity contribution in [3.8, 4) is 0 Å². The van der Waals surface area contributed by atoms with Gasteiger partial charge in [-0.15, -0.1) is 5.10 Å². The van der Waals surface area contributed by atoms with E-state index in [0.717, 1.165) is 37.1 Å². The standard InChI is InChI=1S/C23H31N5O3/c29-21(16-19-6-2-1-3-7-19)27-13-9-23(10-14-27)8-4-5-12-28-17-20(25-26-28)18-31-15-11-24-22(23)30/h1-3,6-7,17H,4-5,8-16,18H2,(H,24,30). The Morgan fingerprint density at radius 1 is 1.10 bits per heavy atom. The van der Waals surface area contributed by atoms with Gasteiger partial charge in [-0.25, -0.2) is 0 Å². The Bertz CT molecular complexity index is 874. The first kappa shape index (κ1) is 21.5. The number of rotatable bonds is 2. The van der Waals surface area contributed by atoms with Crippen molar-refractivity contribution in [2.75, 3.05) is 26.2 Å². The minimum Gasteiger partial charge on any atom is -0.373 e. The van der Waals surface area contributed by atoms with Gasteiger partial charge in [0.1, 0.15) is 5.69 Å². The molecule has 1 spiro atoms. The molecule has 0 saturated carbocycles. The Hall–Kier alpha value is -2.74. The summed E-state index contributed by atoms with van der Waals surface area (Å²) >= 11 is 0. The molecule has 0 aliphatic carbocycles. The zero-order chi connectivity index (χ0) is 21.5. The Morgan fingerprint density at radius 2 is 1.90 bits per heavy atom. The third-order valence-corrected chi connectivity index (χ3v) is 6.41. The summed E-state index contributed by atoms with van der Waals surface area (Å²) in [4.78, 5) is 27.8. The molecule has 2 aromatic rings. The molecule has 0 radical (unpaired) electrons. The summed E-state index contributed by atoms with van der Waals surface area (Å²) in [5.74, 6) is 0.234. The molecule has 0 unspecified atom stereocenters. The van der Waals surface area contributed by atoms with Crippen molar-refractivity contribution in [3.63, 3.8) is 0 Å². The van der Waals surface area contributed by atoms with Gasteiger partial charge < -0.3 is 15.0 Å². The van der Waals surface area contributed by atoms with Gasteiger partial charge in [0.05, 0.1) is 31.2 Å². The number of hydrogen-bond donors (Lipinski definition) is 1. The van der Waals surface area contributed by atoms with E-state index in [9.17, 15) is 9.59 Å². The highest BCUT2D eigenvalue weighted by Gasteiger charge is 2.41. The maximum absolute atomic E-state index is 13.1. The van der Waals surface area contributed by atoms with Crippen LogP contribution in [0.3, 0.4) is 0 Å². The molecule has 1 saturated heterocycles. The van der Waals surface area contributed by atoms with Gasteiger partial charge in [-0.1, -0.05) is 42.0 Å². The number of nitrogens with one attached hydrogen (secondary N) is 1. The first-order valence-electron chi connectivity index (χ1n) is 11.2. The molecule has 1 N–H and O–H groups in total. The SMILES string of the molecule is O=C(Cc1ccccc1)N1CCC2(CCCCn3cc(nn3)COCCNC2=O)CC1. The molecule has 166 valence electrons. The third-order valence-electron chi connectivity index (χ3n) is 6.41. The number of hydrogen-bond acceptors (Lipinski definition) is 5. The second-order valence-corrected chi connectivity index (χ2v) is 8.56. The highest BCUT2D eigenvalue weighted by molar-refractivity contribution is 5.84. The molecule has 3 heterocycles. The van der Waals surface area contributed by atoms with Crippen molar-refractivity contribution >= 4 is 11.8 Å². The molecule has 8 nitrogen and oxygen atoms in total. The zero-order valence-corrected chi connectivity index (χ0v) is 18.0. The number of fused-ring (bicyclic) bond motifs is 2. The van der Waals surface area contributed by atoms with Gasteiger partial charge in [0.2, 0.25) is 11.8 Å². The Balaban J connectivity index is 1.37. The lowest BCUT2D eigenvalue weighted by atomic mass is 9.73. The number of likely N-dealkylation sites (tertiary alicyclic amines) is 1. The normalized spacial score (nSPS) is 20.1. The van der Waals surface area contributed by atoms with Crippen LogP contribution in [0.2, 0.25) is 0 Å². The Labute approximate surface area is 182 Å². The molecule has 31 heavy (non-hydrogen) atoms. The van der Waals surface area contributed by atoms with Crippen LogP contribution in [-0.2, 0) is 33.9 Å². The van der Waals surface area contributed by atoms with Gasteiger partial charge in [0, 0.05) is 26.2 Å². The van der Waals surface area contributed by atoms with Crippen LogP contribution in [0.4, 0.5) is 0 Å². The van der Waals surface area contributed by atoms with E-state index in [2.05, 4.69) is 15.6 Å². The van der Waals surface area contributed by atoms with E-state index in [1.807, 2.05) is 46.1 Å². The van der Waals surface area contributed by atoms with Crippen LogP contribution in [0.1, 0.15) is 43.4 Å². The number of aryl methyl sites for hydroxylation is 1. The molecule has 2 bridgehead atoms. The second kappa shape index (κ2) is 10.0. The van der Waals surface area contributed by atoms with Crippen LogP contribution in [0, 0.1) is 5.41 Å². The predicted octanol–water partition coefficient (Wildman–Crippen LogP) is 1.95.